The molecule has 1 aliphatic heterocycles. The number of benzene rings is 2. The molecule has 1 aliphatic rings. The van der Waals surface area contributed by atoms with Gasteiger partial charge in [-0.05, 0) is 43.3 Å². The van der Waals surface area contributed by atoms with Crippen LogP contribution in [0.5, 0.6) is 11.5 Å². The average Bonchev–Trinajstić information content (AvgIpc) is 2.81. The van der Waals surface area contributed by atoms with Crippen molar-refractivity contribution in [2.24, 2.45) is 0 Å². The van der Waals surface area contributed by atoms with Crippen LogP contribution in [-0.4, -0.2) is 62.8 Å². The van der Waals surface area contributed by atoms with Crippen molar-refractivity contribution in [2.75, 3.05) is 53.0 Å². The summed E-state index contributed by atoms with van der Waals surface area (Å²) < 4.78 is 17.1. The topological polar surface area (TPSA) is 55.2 Å². The van der Waals surface area contributed by atoms with E-state index < -0.39 is 0 Å². The summed E-state index contributed by atoms with van der Waals surface area (Å²) in [6.07, 6.45) is 1.54. The Morgan fingerprint density at radius 2 is 1.71 bits per heavy atom. The van der Waals surface area contributed by atoms with E-state index in [1.54, 1.807) is 13.2 Å². The van der Waals surface area contributed by atoms with Gasteiger partial charge in [0.1, 0.15) is 30.0 Å². The molecular formula is C25H30N2O4. The molecule has 0 N–H and O–H groups in total. The number of rotatable bonds is 7. The fraction of sp³-hybridized carbons (Fsp3) is 0.400. The second kappa shape index (κ2) is 9.54. The second-order valence-corrected chi connectivity index (χ2v) is 7.90. The van der Waals surface area contributed by atoms with Crippen LogP contribution in [0.25, 0.3) is 22.1 Å². The smallest absolute Gasteiger partial charge is 0.200 e. The first-order valence-electron chi connectivity index (χ1n) is 10.9. The molecule has 31 heavy (non-hydrogen) atoms. The first-order valence-corrected chi connectivity index (χ1v) is 10.9. The lowest BCUT2D eigenvalue weighted by molar-refractivity contribution is 0.120. The standard InChI is InChI=1S/C25H30N2O4/c1-4-26-11-13-27(14-12-26)15-16-30-23-10-9-21-24(28)22(17-31-25(21)18(23)2)19-5-7-20(29-3)8-6-19/h5-10,17H,4,11-16H2,1-3H3. The third-order valence-electron chi connectivity index (χ3n) is 6.12. The van der Waals surface area contributed by atoms with E-state index in [4.69, 9.17) is 13.9 Å². The lowest BCUT2D eigenvalue weighted by Crippen LogP contribution is -2.47. The number of methoxy groups -OCH3 is 1. The van der Waals surface area contributed by atoms with Crippen LogP contribution in [0.1, 0.15) is 12.5 Å². The molecule has 164 valence electrons. The van der Waals surface area contributed by atoms with Gasteiger partial charge in [-0.25, -0.2) is 0 Å². The fourth-order valence-electron chi connectivity index (χ4n) is 4.06. The fourth-order valence-corrected chi connectivity index (χ4v) is 4.06. The Hall–Kier alpha value is -2.83. The number of ether oxygens (including phenoxy) is 2. The molecule has 1 saturated heterocycles. The molecule has 0 aliphatic carbocycles. The molecule has 3 aromatic rings. The number of piperazine rings is 1. The minimum absolute atomic E-state index is 0.0464. The summed E-state index contributed by atoms with van der Waals surface area (Å²) in [6.45, 7) is 11.2. The largest absolute Gasteiger partial charge is 0.497 e. The van der Waals surface area contributed by atoms with Crippen LogP contribution in [0.3, 0.4) is 0 Å². The highest BCUT2D eigenvalue weighted by Crippen LogP contribution is 2.28. The first-order chi connectivity index (χ1) is 15.1. The van der Waals surface area contributed by atoms with Crippen LogP contribution in [0.4, 0.5) is 0 Å². The maximum Gasteiger partial charge on any atom is 0.200 e. The van der Waals surface area contributed by atoms with Gasteiger partial charge >= 0.3 is 0 Å². The van der Waals surface area contributed by atoms with Crippen molar-refractivity contribution in [1.29, 1.82) is 0 Å². The van der Waals surface area contributed by atoms with Crippen molar-refractivity contribution in [3.8, 4) is 22.6 Å². The zero-order valence-corrected chi connectivity index (χ0v) is 18.5. The van der Waals surface area contributed by atoms with Gasteiger partial charge in [-0.15, -0.1) is 0 Å². The van der Waals surface area contributed by atoms with Crippen LogP contribution >= 0.6 is 0 Å². The summed E-state index contributed by atoms with van der Waals surface area (Å²) in [6, 6.07) is 11.1. The Labute approximate surface area is 183 Å². The van der Waals surface area contributed by atoms with Gasteiger partial charge in [-0.1, -0.05) is 19.1 Å². The van der Waals surface area contributed by atoms with Crippen molar-refractivity contribution < 1.29 is 13.9 Å². The number of hydrogen-bond acceptors (Lipinski definition) is 6. The van der Waals surface area contributed by atoms with Gasteiger partial charge in [0.15, 0.2) is 0 Å². The molecular weight excluding hydrogens is 392 g/mol. The third-order valence-corrected chi connectivity index (χ3v) is 6.12. The SMILES string of the molecule is CCN1CCN(CCOc2ccc3c(=O)c(-c4ccc(OC)cc4)coc3c2C)CC1. The molecule has 0 unspecified atom stereocenters. The first kappa shape index (κ1) is 21.4. The van der Waals surface area contributed by atoms with E-state index in [0.29, 0.717) is 23.1 Å². The monoisotopic (exact) mass is 422 g/mol. The molecule has 2 aromatic carbocycles. The van der Waals surface area contributed by atoms with E-state index >= 15 is 0 Å². The Bertz CT molecular complexity index is 1080. The van der Waals surface area contributed by atoms with E-state index in [1.165, 1.54) is 6.26 Å². The predicted octanol–water partition coefficient (Wildman–Crippen LogP) is 3.79. The molecule has 0 radical (unpaired) electrons. The van der Waals surface area contributed by atoms with E-state index in [9.17, 15) is 4.79 Å². The Balaban J connectivity index is 1.48. The average molecular weight is 423 g/mol. The van der Waals surface area contributed by atoms with Gasteiger partial charge in [-0.3, -0.25) is 9.69 Å². The molecule has 2 heterocycles. The van der Waals surface area contributed by atoms with Crippen molar-refractivity contribution in [3.05, 3.63) is 58.4 Å². The van der Waals surface area contributed by atoms with Crippen LogP contribution in [-0.2, 0) is 0 Å². The summed E-state index contributed by atoms with van der Waals surface area (Å²) in [5.74, 6) is 1.51. The highest BCUT2D eigenvalue weighted by molar-refractivity contribution is 5.85. The lowest BCUT2D eigenvalue weighted by Gasteiger charge is -2.33. The number of nitrogens with zero attached hydrogens (tertiary/aromatic N) is 2. The van der Waals surface area contributed by atoms with Crippen LogP contribution in [0, 0.1) is 6.92 Å². The third kappa shape index (κ3) is 4.60. The summed E-state index contributed by atoms with van der Waals surface area (Å²) in [5, 5.41) is 0.564. The zero-order chi connectivity index (χ0) is 21.8. The Kier molecular flexibility index (Phi) is 6.59. The van der Waals surface area contributed by atoms with Crippen molar-refractivity contribution in [3.63, 3.8) is 0 Å². The molecule has 0 amide bonds. The van der Waals surface area contributed by atoms with Gasteiger partial charge in [0.25, 0.3) is 0 Å². The van der Waals surface area contributed by atoms with Crippen molar-refractivity contribution in [2.45, 2.75) is 13.8 Å². The molecule has 1 fully saturated rings. The van der Waals surface area contributed by atoms with Crippen LogP contribution < -0.4 is 14.9 Å². The zero-order valence-electron chi connectivity index (χ0n) is 18.5. The second-order valence-electron chi connectivity index (χ2n) is 7.90. The van der Waals surface area contributed by atoms with E-state index in [0.717, 1.165) is 61.9 Å². The van der Waals surface area contributed by atoms with Gasteiger partial charge in [0.05, 0.1) is 18.1 Å². The highest BCUT2D eigenvalue weighted by Gasteiger charge is 2.16. The number of aryl methyl sites for hydroxylation is 1. The van der Waals surface area contributed by atoms with Gasteiger partial charge in [-0.2, -0.15) is 0 Å². The summed E-state index contributed by atoms with van der Waals surface area (Å²) >= 11 is 0. The summed E-state index contributed by atoms with van der Waals surface area (Å²) in [4.78, 5) is 18.0. The minimum atomic E-state index is -0.0464. The van der Waals surface area contributed by atoms with Crippen molar-refractivity contribution in [1.82, 2.24) is 9.80 Å². The summed E-state index contributed by atoms with van der Waals surface area (Å²) in [5.41, 5.74) is 2.73. The summed E-state index contributed by atoms with van der Waals surface area (Å²) in [7, 11) is 1.62. The highest BCUT2D eigenvalue weighted by atomic mass is 16.5. The van der Waals surface area contributed by atoms with E-state index in [2.05, 4.69) is 16.7 Å². The Morgan fingerprint density at radius 3 is 2.39 bits per heavy atom. The quantitative estimate of drug-likeness (QED) is 0.577. The van der Waals surface area contributed by atoms with Gasteiger partial charge in [0, 0.05) is 38.3 Å². The molecule has 6 heteroatoms. The van der Waals surface area contributed by atoms with Crippen LogP contribution in [0.2, 0.25) is 0 Å². The lowest BCUT2D eigenvalue weighted by atomic mass is 10.0. The Morgan fingerprint density at radius 1 is 1.00 bits per heavy atom. The molecule has 0 saturated carbocycles. The predicted molar refractivity (Wildman–Crippen MR) is 123 cm³/mol. The molecule has 4 rings (SSSR count). The number of hydrogen-bond donors (Lipinski definition) is 0. The number of fused-ring (bicyclic) bond motifs is 1. The van der Waals surface area contributed by atoms with E-state index in [1.807, 2.05) is 37.3 Å². The normalized spacial score (nSPS) is 15.3. The minimum Gasteiger partial charge on any atom is -0.497 e. The van der Waals surface area contributed by atoms with Crippen molar-refractivity contribution >= 4 is 11.0 Å². The number of likely N-dealkylation sites (N-methyl/N-ethyl adjacent to an activating group) is 1. The molecule has 0 bridgehead atoms. The molecule has 1 aromatic heterocycles. The van der Waals surface area contributed by atoms with Gasteiger partial charge in [0.2, 0.25) is 5.43 Å². The molecule has 0 spiro atoms. The maximum absolute atomic E-state index is 13.1. The maximum atomic E-state index is 13.1. The van der Waals surface area contributed by atoms with Crippen LogP contribution in [0.15, 0.2) is 51.9 Å². The molecule has 0 atom stereocenters. The molecule has 6 nitrogen and oxygen atoms in total. The van der Waals surface area contributed by atoms with Gasteiger partial charge < -0.3 is 18.8 Å². The van der Waals surface area contributed by atoms with E-state index in [-0.39, 0.29) is 5.43 Å².